The van der Waals surface area contributed by atoms with Gasteiger partial charge in [-0.2, -0.15) is 5.10 Å². The number of Topliss-reactive ketones (excluding diaryl/α,β-unsaturated/α-hetero) is 1. The fraction of sp³-hybridized carbons (Fsp3) is 0.286. The Bertz CT molecular complexity index is 565. The van der Waals surface area contributed by atoms with Gasteiger partial charge >= 0.3 is 0 Å². The van der Waals surface area contributed by atoms with Crippen LogP contribution in [0.15, 0.2) is 36.5 Å². The lowest BCUT2D eigenvalue weighted by molar-refractivity contribution is 0.0950. The Morgan fingerprint density at radius 1 is 1.42 bits per heavy atom. The van der Waals surface area contributed by atoms with Gasteiger partial charge in [0.25, 0.3) is 0 Å². The summed E-state index contributed by atoms with van der Waals surface area (Å²) >= 11 is 6.05. The predicted octanol–water partition coefficient (Wildman–Crippen LogP) is 2.83. The molecule has 1 aromatic carbocycles. The van der Waals surface area contributed by atoms with Crippen molar-refractivity contribution in [2.24, 2.45) is 5.73 Å². The molecule has 0 bridgehead atoms. The highest BCUT2D eigenvalue weighted by Crippen LogP contribution is 2.22. The van der Waals surface area contributed by atoms with Crippen LogP contribution in [-0.2, 0) is 6.54 Å². The highest BCUT2D eigenvalue weighted by molar-refractivity contribution is 6.33. The Morgan fingerprint density at radius 2 is 2.11 bits per heavy atom. The van der Waals surface area contributed by atoms with Crippen molar-refractivity contribution in [3.8, 4) is 0 Å². The first-order chi connectivity index (χ1) is 9.15. The third kappa shape index (κ3) is 2.85. The monoisotopic (exact) mass is 277 g/mol. The molecule has 4 nitrogen and oxygen atoms in total. The van der Waals surface area contributed by atoms with Crippen LogP contribution in [0, 0.1) is 0 Å². The normalized spacial score (nSPS) is 12.4. The van der Waals surface area contributed by atoms with Crippen molar-refractivity contribution in [3.05, 3.63) is 52.8 Å². The summed E-state index contributed by atoms with van der Waals surface area (Å²) < 4.78 is 1.62. The van der Waals surface area contributed by atoms with E-state index >= 15 is 0 Å². The van der Waals surface area contributed by atoms with Gasteiger partial charge < -0.3 is 5.73 Å². The number of carbonyl (C=O) groups excluding carboxylic acids is 1. The van der Waals surface area contributed by atoms with Crippen molar-refractivity contribution in [1.82, 2.24) is 9.78 Å². The average molecular weight is 278 g/mol. The number of hydrogen-bond acceptors (Lipinski definition) is 3. The van der Waals surface area contributed by atoms with Gasteiger partial charge in [-0.15, -0.1) is 0 Å². The summed E-state index contributed by atoms with van der Waals surface area (Å²) in [5.41, 5.74) is 7.17. The summed E-state index contributed by atoms with van der Waals surface area (Å²) in [6.45, 7) is 2.66. The van der Waals surface area contributed by atoms with Crippen LogP contribution < -0.4 is 5.73 Å². The van der Waals surface area contributed by atoms with E-state index in [-0.39, 0.29) is 5.78 Å². The van der Waals surface area contributed by atoms with Crippen molar-refractivity contribution in [3.63, 3.8) is 0 Å². The first-order valence-corrected chi connectivity index (χ1v) is 6.59. The highest BCUT2D eigenvalue weighted by atomic mass is 35.5. The SMILES string of the molecule is CCCn1ncc(Cl)c1C(=O)C(N)c1ccccc1. The van der Waals surface area contributed by atoms with Crippen molar-refractivity contribution in [1.29, 1.82) is 0 Å². The number of nitrogens with zero attached hydrogens (tertiary/aromatic N) is 2. The third-order valence-corrected chi connectivity index (χ3v) is 3.18. The van der Waals surface area contributed by atoms with E-state index in [1.165, 1.54) is 6.20 Å². The Balaban J connectivity index is 2.32. The highest BCUT2D eigenvalue weighted by Gasteiger charge is 2.24. The van der Waals surface area contributed by atoms with E-state index in [2.05, 4.69) is 5.10 Å². The molecule has 0 saturated carbocycles. The fourth-order valence-corrected chi connectivity index (χ4v) is 2.18. The van der Waals surface area contributed by atoms with Gasteiger partial charge in [0, 0.05) is 6.54 Å². The van der Waals surface area contributed by atoms with Gasteiger partial charge in [-0.05, 0) is 12.0 Å². The van der Waals surface area contributed by atoms with Gasteiger partial charge in [-0.25, -0.2) is 0 Å². The second-order valence-electron chi connectivity index (χ2n) is 4.32. The molecule has 0 aliphatic carbocycles. The van der Waals surface area contributed by atoms with Crippen molar-refractivity contribution >= 4 is 17.4 Å². The molecule has 19 heavy (non-hydrogen) atoms. The summed E-state index contributed by atoms with van der Waals surface area (Å²) in [6, 6.07) is 8.54. The third-order valence-electron chi connectivity index (χ3n) is 2.90. The average Bonchev–Trinajstić information content (AvgIpc) is 2.80. The zero-order valence-electron chi connectivity index (χ0n) is 10.7. The van der Waals surface area contributed by atoms with Crippen LogP contribution in [0.1, 0.15) is 35.4 Å². The van der Waals surface area contributed by atoms with Crippen LogP contribution in [0.3, 0.4) is 0 Å². The van der Waals surface area contributed by atoms with Crippen LogP contribution in [-0.4, -0.2) is 15.6 Å². The summed E-state index contributed by atoms with van der Waals surface area (Å²) in [4.78, 5) is 12.5. The first-order valence-electron chi connectivity index (χ1n) is 6.21. The van der Waals surface area contributed by atoms with Crippen LogP contribution in [0.4, 0.5) is 0 Å². The second-order valence-corrected chi connectivity index (χ2v) is 4.72. The first kappa shape index (κ1) is 13.8. The second kappa shape index (κ2) is 5.99. The van der Waals surface area contributed by atoms with Gasteiger partial charge in [0.1, 0.15) is 5.69 Å². The quantitative estimate of drug-likeness (QED) is 0.855. The van der Waals surface area contributed by atoms with Crippen molar-refractivity contribution in [2.75, 3.05) is 0 Å². The number of nitrogens with two attached hydrogens (primary N) is 1. The molecule has 1 unspecified atom stereocenters. The van der Waals surface area contributed by atoms with E-state index < -0.39 is 6.04 Å². The lowest BCUT2D eigenvalue weighted by Crippen LogP contribution is -2.24. The van der Waals surface area contributed by atoms with Crippen molar-refractivity contribution in [2.45, 2.75) is 25.9 Å². The minimum absolute atomic E-state index is 0.206. The number of ketones is 1. The molecule has 100 valence electrons. The number of rotatable bonds is 5. The molecule has 1 aromatic heterocycles. The molecule has 0 saturated heterocycles. The molecule has 0 spiro atoms. The molecule has 2 N–H and O–H groups in total. The van der Waals surface area contributed by atoms with Crippen molar-refractivity contribution < 1.29 is 4.79 Å². The largest absolute Gasteiger partial charge is 0.317 e. The Labute approximate surface area is 117 Å². The minimum atomic E-state index is -0.717. The van der Waals surface area contributed by atoms with E-state index in [9.17, 15) is 4.79 Å². The Morgan fingerprint density at radius 3 is 2.74 bits per heavy atom. The Kier molecular flexibility index (Phi) is 4.35. The maximum Gasteiger partial charge on any atom is 0.203 e. The number of halogens is 1. The fourth-order valence-electron chi connectivity index (χ4n) is 1.95. The van der Waals surface area contributed by atoms with E-state index in [4.69, 9.17) is 17.3 Å². The maximum atomic E-state index is 12.5. The summed E-state index contributed by atoms with van der Waals surface area (Å²) in [5.74, 6) is -0.206. The molecule has 0 aliphatic rings. The van der Waals surface area contributed by atoms with Crippen LogP contribution >= 0.6 is 11.6 Å². The molecule has 0 radical (unpaired) electrons. The molecule has 1 atom stereocenters. The lowest BCUT2D eigenvalue weighted by Gasteiger charge is -2.12. The van der Waals surface area contributed by atoms with Gasteiger partial charge in [-0.1, -0.05) is 48.9 Å². The minimum Gasteiger partial charge on any atom is -0.317 e. The van der Waals surface area contributed by atoms with E-state index in [0.29, 0.717) is 17.3 Å². The Hall–Kier alpha value is -1.65. The molecule has 0 fully saturated rings. The van der Waals surface area contributed by atoms with E-state index in [1.807, 2.05) is 37.3 Å². The number of benzene rings is 1. The maximum absolute atomic E-state index is 12.5. The number of carbonyl (C=O) groups is 1. The van der Waals surface area contributed by atoms with Gasteiger partial charge in [0.05, 0.1) is 17.3 Å². The number of aromatic nitrogens is 2. The molecule has 0 aliphatic heterocycles. The number of hydrogen-bond donors (Lipinski definition) is 1. The zero-order valence-corrected chi connectivity index (χ0v) is 11.5. The van der Waals surface area contributed by atoms with Gasteiger partial charge in [-0.3, -0.25) is 9.48 Å². The van der Waals surface area contributed by atoms with Crippen LogP contribution in [0.5, 0.6) is 0 Å². The van der Waals surface area contributed by atoms with Gasteiger partial charge in [0.15, 0.2) is 0 Å². The summed E-state index contributed by atoms with van der Waals surface area (Å²) in [6.07, 6.45) is 2.36. The summed E-state index contributed by atoms with van der Waals surface area (Å²) in [7, 11) is 0. The van der Waals surface area contributed by atoms with Crippen LogP contribution in [0.25, 0.3) is 0 Å². The topological polar surface area (TPSA) is 60.9 Å². The molecule has 2 aromatic rings. The molecular formula is C14H16ClN3O. The number of aryl methyl sites for hydroxylation is 1. The van der Waals surface area contributed by atoms with Crippen LogP contribution in [0.2, 0.25) is 5.02 Å². The molecule has 5 heteroatoms. The molecular weight excluding hydrogens is 262 g/mol. The van der Waals surface area contributed by atoms with Gasteiger partial charge in [0.2, 0.25) is 5.78 Å². The predicted molar refractivity (Wildman–Crippen MR) is 75.2 cm³/mol. The summed E-state index contributed by atoms with van der Waals surface area (Å²) in [5, 5.41) is 4.46. The smallest absolute Gasteiger partial charge is 0.203 e. The standard InChI is InChI=1S/C14H16ClN3O/c1-2-8-18-13(11(15)9-17-18)14(19)12(16)10-6-4-3-5-7-10/h3-7,9,12H,2,8,16H2,1H3. The molecule has 2 rings (SSSR count). The zero-order chi connectivity index (χ0) is 13.8. The lowest BCUT2D eigenvalue weighted by atomic mass is 10.0. The molecule has 1 heterocycles. The molecule has 0 amide bonds. The van der Waals surface area contributed by atoms with E-state index in [0.717, 1.165) is 12.0 Å². The van der Waals surface area contributed by atoms with E-state index in [1.54, 1.807) is 4.68 Å².